The lowest BCUT2D eigenvalue weighted by atomic mass is 10.3. The first-order chi connectivity index (χ1) is 11.6. The summed E-state index contributed by atoms with van der Waals surface area (Å²) in [6.07, 6.45) is 0. The summed E-state index contributed by atoms with van der Waals surface area (Å²) in [6, 6.07) is 13.6. The zero-order valence-electron chi connectivity index (χ0n) is 12.3. The van der Waals surface area contributed by atoms with E-state index in [2.05, 4.69) is 20.8 Å². The van der Waals surface area contributed by atoms with Gasteiger partial charge in [0.05, 0.1) is 17.1 Å². The van der Waals surface area contributed by atoms with Gasteiger partial charge in [-0.15, -0.1) is 5.10 Å². The van der Waals surface area contributed by atoms with Crippen LogP contribution in [0.25, 0.3) is 5.69 Å². The van der Waals surface area contributed by atoms with Crippen molar-refractivity contribution in [3.63, 3.8) is 0 Å². The van der Waals surface area contributed by atoms with Gasteiger partial charge in [0, 0.05) is 5.02 Å². The van der Waals surface area contributed by atoms with Crippen molar-refractivity contribution in [1.82, 2.24) is 20.2 Å². The van der Waals surface area contributed by atoms with Crippen LogP contribution < -0.4 is 5.32 Å². The molecular weight excluding hydrogens is 350 g/mol. The number of hydrogen-bond acceptors (Lipinski definition) is 6. The predicted octanol–water partition coefficient (Wildman–Crippen LogP) is 2.75. The van der Waals surface area contributed by atoms with Gasteiger partial charge in [-0.05, 0) is 46.8 Å². The van der Waals surface area contributed by atoms with Crippen molar-refractivity contribution in [3.05, 3.63) is 53.6 Å². The number of aromatic nitrogens is 4. The van der Waals surface area contributed by atoms with Crippen LogP contribution >= 0.6 is 23.4 Å². The maximum Gasteiger partial charge on any atom is 0.234 e. The number of thioether (sulfide) groups is 1. The second-order valence-electron chi connectivity index (χ2n) is 4.70. The fraction of sp³-hybridized carbons (Fsp3) is 0.0667. The number of anilines is 1. The Morgan fingerprint density at radius 1 is 1.21 bits per heavy atom. The molecule has 1 amide bonds. The minimum atomic E-state index is -0.271. The SMILES string of the molecule is O=C(CSc1nnnn1-c1ccc(Cl)cc1)Nc1ccccc1O. The third kappa shape index (κ3) is 3.84. The minimum Gasteiger partial charge on any atom is -0.506 e. The summed E-state index contributed by atoms with van der Waals surface area (Å²) in [4.78, 5) is 12.0. The average molecular weight is 362 g/mol. The van der Waals surface area contributed by atoms with Crippen molar-refractivity contribution >= 4 is 35.0 Å². The zero-order chi connectivity index (χ0) is 16.9. The molecule has 3 aromatic rings. The first-order valence-corrected chi connectivity index (χ1v) is 8.25. The second kappa shape index (κ2) is 7.33. The molecule has 1 aromatic heterocycles. The van der Waals surface area contributed by atoms with E-state index >= 15 is 0 Å². The number of carbonyl (C=O) groups excluding carboxylic acids is 1. The number of halogens is 1. The van der Waals surface area contributed by atoms with Crippen LogP contribution in [0.5, 0.6) is 5.75 Å². The monoisotopic (exact) mass is 361 g/mol. The van der Waals surface area contributed by atoms with Crippen LogP contribution in [0.3, 0.4) is 0 Å². The molecule has 0 aliphatic rings. The second-order valence-corrected chi connectivity index (χ2v) is 6.08. The van der Waals surface area contributed by atoms with Crippen molar-refractivity contribution in [1.29, 1.82) is 0 Å². The smallest absolute Gasteiger partial charge is 0.234 e. The molecule has 2 N–H and O–H groups in total. The summed E-state index contributed by atoms with van der Waals surface area (Å²) >= 11 is 7.05. The Hall–Kier alpha value is -2.58. The molecule has 0 unspecified atom stereocenters. The molecule has 24 heavy (non-hydrogen) atoms. The molecule has 0 aliphatic heterocycles. The number of rotatable bonds is 5. The van der Waals surface area contributed by atoms with Crippen LogP contribution in [0.15, 0.2) is 53.7 Å². The normalized spacial score (nSPS) is 10.5. The number of phenols is 1. The van der Waals surface area contributed by atoms with Gasteiger partial charge in [0.2, 0.25) is 11.1 Å². The third-order valence-electron chi connectivity index (χ3n) is 3.02. The van der Waals surface area contributed by atoms with Gasteiger partial charge >= 0.3 is 0 Å². The lowest BCUT2D eigenvalue weighted by Crippen LogP contribution is -2.14. The van der Waals surface area contributed by atoms with Gasteiger partial charge in [-0.2, -0.15) is 4.68 Å². The molecule has 0 saturated carbocycles. The quantitative estimate of drug-likeness (QED) is 0.536. The van der Waals surface area contributed by atoms with Gasteiger partial charge in [-0.3, -0.25) is 4.79 Å². The van der Waals surface area contributed by atoms with E-state index < -0.39 is 0 Å². The molecule has 9 heteroatoms. The molecular formula is C15H12ClN5O2S. The number of phenolic OH excluding ortho intramolecular Hbond substituents is 1. The molecule has 2 aromatic carbocycles. The number of hydrogen-bond donors (Lipinski definition) is 2. The average Bonchev–Trinajstić information content (AvgIpc) is 3.04. The van der Waals surface area contributed by atoms with E-state index in [4.69, 9.17) is 11.6 Å². The molecule has 0 saturated heterocycles. The van der Waals surface area contributed by atoms with Crippen LogP contribution in [-0.2, 0) is 4.79 Å². The molecule has 0 spiro atoms. The Kier molecular flexibility index (Phi) is 4.97. The molecule has 0 radical (unpaired) electrons. The Labute approximate surface area is 146 Å². The molecule has 0 aliphatic carbocycles. The summed E-state index contributed by atoms with van der Waals surface area (Å²) in [5.41, 5.74) is 1.11. The number of carbonyl (C=O) groups is 1. The summed E-state index contributed by atoms with van der Waals surface area (Å²) in [5, 5.41) is 24.8. The molecule has 0 bridgehead atoms. The van der Waals surface area contributed by atoms with Gasteiger partial charge in [-0.1, -0.05) is 35.5 Å². The molecule has 7 nitrogen and oxygen atoms in total. The van der Waals surface area contributed by atoms with Crippen molar-refractivity contribution in [2.45, 2.75) is 5.16 Å². The van der Waals surface area contributed by atoms with E-state index in [1.807, 2.05) is 0 Å². The van der Waals surface area contributed by atoms with Crippen LogP contribution in [0.2, 0.25) is 5.02 Å². The standard InChI is InChI=1S/C15H12ClN5O2S/c16-10-5-7-11(8-6-10)21-15(18-19-20-21)24-9-14(23)17-12-3-1-2-4-13(12)22/h1-8,22H,9H2,(H,17,23). The Bertz CT molecular complexity index is 853. The molecule has 1 heterocycles. The van der Waals surface area contributed by atoms with Crippen LogP contribution in [0.1, 0.15) is 0 Å². The Morgan fingerprint density at radius 3 is 2.71 bits per heavy atom. The summed E-state index contributed by atoms with van der Waals surface area (Å²) < 4.78 is 1.52. The van der Waals surface area contributed by atoms with Gasteiger partial charge in [0.15, 0.2) is 0 Å². The maximum absolute atomic E-state index is 12.0. The number of para-hydroxylation sites is 2. The van der Waals surface area contributed by atoms with Gasteiger partial charge in [-0.25, -0.2) is 0 Å². The Morgan fingerprint density at radius 2 is 1.96 bits per heavy atom. The minimum absolute atomic E-state index is 0.0156. The molecule has 0 fully saturated rings. The number of nitrogens with zero attached hydrogens (tertiary/aromatic N) is 4. The highest BCUT2D eigenvalue weighted by Crippen LogP contribution is 2.23. The molecule has 122 valence electrons. The maximum atomic E-state index is 12.0. The van der Waals surface area contributed by atoms with Gasteiger partial charge in [0.1, 0.15) is 5.75 Å². The summed E-state index contributed by atoms with van der Waals surface area (Å²) in [6.45, 7) is 0. The lowest BCUT2D eigenvalue weighted by molar-refractivity contribution is -0.113. The van der Waals surface area contributed by atoms with Crippen molar-refractivity contribution < 1.29 is 9.90 Å². The lowest BCUT2D eigenvalue weighted by Gasteiger charge is -2.07. The highest BCUT2D eigenvalue weighted by molar-refractivity contribution is 7.99. The highest BCUT2D eigenvalue weighted by Gasteiger charge is 2.12. The van der Waals surface area contributed by atoms with Crippen molar-refractivity contribution in [2.24, 2.45) is 0 Å². The Balaban J connectivity index is 1.65. The predicted molar refractivity (Wildman–Crippen MR) is 91.6 cm³/mol. The van der Waals surface area contributed by atoms with E-state index in [9.17, 15) is 9.90 Å². The van der Waals surface area contributed by atoms with Gasteiger partial charge < -0.3 is 10.4 Å². The number of tetrazole rings is 1. The van der Waals surface area contributed by atoms with E-state index in [0.29, 0.717) is 15.9 Å². The number of benzene rings is 2. The van der Waals surface area contributed by atoms with Crippen LogP contribution in [0.4, 0.5) is 5.69 Å². The number of nitrogens with one attached hydrogen (secondary N) is 1. The van der Waals surface area contributed by atoms with Crippen molar-refractivity contribution in [2.75, 3.05) is 11.1 Å². The highest BCUT2D eigenvalue weighted by atomic mass is 35.5. The van der Waals surface area contributed by atoms with E-state index in [0.717, 1.165) is 5.69 Å². The van der Waals surface area contributed by atoms with E-state index in [1.165, 1.54) is 22.5 Å². The largest absolute Gasteiger partial charge is 0.506 e. The summed E-state index contributed by atoms with van der Waals surface area (Å²) in [5.74, 6) is -0.156. The first kappa shape index (κ1) is 16.3. The molecule has 3 rings (SSSR count). The first-order valence-electron chi connectivity index (χ1n) is 6.88. The molecule has 0 atom stereocenters. The zero-order valence-corrected chi connectivity index (χ0v) is 13.8. The number of aromatic hydroxyl groups is 1. The van der Waals surface area contributed by atoms with Crippen LogP contribution in [0, 0.1) is 0 Å². The third-order valence-corrected chi connectivity index (χ3v) is 4.19. The van der Waals surface area contributed by atoms with E-state index in [-0.39, 0.29) is 17.4 Å². The fourth-order valence-electron chi connectivity index (χ4n) is 1.91. The summed E-state index contributed by atoms with van der Waals surface area (Å²) in [7, 11) is 0. The number of amides is 1. The van der Waals surface area contributed by atoms with Crippen LogP contribution in [-0.4, -0.2) is 37.0 Å². The van der Waals surface area contributed by atoms with E-state index in [1.54, 1.807) is 42.5 Å². The fourth-order valence-corrected chi connectivity index (χ4v) is 2.73. The van der Waals surface area contributed by atoms with Gasteiger partial charge in [0.25, 0.3) is 0 Å². The van der Waals surface area contributed by atoms with Crippen molar-refractivity contribution in [3.8, 4) is 11.4 Å². The topological polar surface area (TPSA) is 92.9 Å².